The fourth-order valence-corrected chi connectivity index (χ4v) is 2.58. The maximum atomic E-state index is 10.6. The molecule has 98 valence electrons. The Kier molecular flexibility index (Phi) is 2.93. The van der Waals surface area contributed by atoms with E-state index >= 15 is 0 Å². The monoisotopic (exact) mass is 248 g/mol. The molecule has 1 aliphatic rings. The van der Waals surface area contributed by atoms with Gasteiger partial charge in [0.2, 0.25) is 0 Å². The van der Waals surface area contributed by atoms with Crippen molar-refractivity contribution in [2.24, 2.45) is 17.1 Å². The summed E-state index contributed by atoms with van der Waals surface area (Å²) in [7, 11) is 0. The first-order valence-electron chi connectivity index (χ1n) is 6.26. The Labute approximate surface area is 107 Å². The summed E-state index contributed by atoms with van der Waals surface area (Å²) in [6.07, 6.45) is 1.91. The van der Waals surface area contributed by atoms with Crippen LogP contribution in [0.25, 0.3) is 0 Å². The quantitative estimate of drug-likeness (QED) is 0.645. The topological polar surface area (TPSA) is 69.2 Å². The molecule has 0 spiro atoms. The molecule has 0 unspecified atom stereocenters. The van der Waals surface area contributed by atoms with Gasteiger partial charge < -0.3 is 5.73 Å². The highest BCUT2D eigenvalue weighted by Crippen LogP contribution is 2.51. The Hall–Kier alpha value is -1.42. The van der Waals surface area contributed by atoms with Crippen LogP contribution in [0.15, 0.2) is 24.3 Å². The van der Waals surface area contributed by atoms with Crippen molar-refractivity contribution in [3.8, 4) is 0 Å². The van der Waals surface area contributed by atoms with Gasteiger partial charge in [-0.05, 0) is 29.7 Å². The van der Waals surface area contributed by atoms with Crippen LogP contribution < -0.4 is 5.73 Å². The number of nitro benzene ring substituents is 1. The highest BCUT2D eigenvalue weighted by Gasteiger charge is 2.46. The molecule has 0 heterocycles. The van der Waals surface area contributed by atoms with E-state index in [-0.39, 0.29) is 21.6 Å². The Morgan fingerprint density at radius 3 is 2.17 bits per heavy atom. The third-order valence-electron chi connectivity index (χ3n) is 4.10. The minimum Gasteiger partial charge on any atom is -0.321 e. The average Bonchev–Trinajstić information content (AvgIpc) is 2.23. The molecule has 1 fully saturated rings. The van der Waals surface area contributed by atoms with Gasteiger partial charge in [-0.15, -0.1) is 0 Å². The van der Waals surface area contributed by atoms with Gasteiger partial charge in [-0.2, -0.15) is 0 Å². The standard InChI is InChI=1S/C14H20N2O2/c1-13(2,3)11-8-14(15,9-11)10-4-6-12(7-5-10)16(17)18/h4-7,11H,8-9,15H2,1-3H3. The minimum atomic E-state index is -0.383. The summed E-state index contributed by atoms with van der Waals surface area (Å²) in [6.45, 7) is 6.69. The zero-order valence-electron chi connectivity index (χ0n) is 11.1. The van der Waals surface area contributed by atoms with Crippen LogP contribution in [0.5, 0.6) is 0 Å². The van der Waals surface area contributed by atoms with Crippen LogP contribution in [0.2, 0.25) is 0 Å². The number of nitro groups is 1. The molecule has 1 aromatic carbocycles. The van der Waals surface area contributed by atoms with Crippen LogP contribution in [0, 0.1) is 21.4 Å². The lowest BCUT2D eigenvalue weighted by atomic mass is 9.57. The van der Waals surface area contributed by atoms with Gasteiger partial charge >= 0.3 is 0 Å². The van der Waals surface area contributed by atoms with Gasteiger partial charge in [-0.1, -0.05) is 32.9 Å². The van der Waals surface area contributed by atoms with E-state index in [2.05, 4.69) is 20.8 Å². The molecule has 18 heavy (non-hydrogen) atoms. The van der Waals surface area contributed by atoms with Crippen molar-refractivity contribution < 1.29 is 4.92 Å². The van der Waals surface area contributed by atoms with Crippen molar-refractivity contribution in [3.05, 3.63) is 39.9 Å². The summed E-state index contributed by atoms with van der Waals surface area (Å²) >= 11 is 0. The summed E-state index contributed by atoms with van der Waals surface area (Å²) < 4.78 is 0. The summed E-state index contributed by atoms with van der Waals surface area (Å²) in [5.41, 5.74) is 7.48. The number of nitrogens with two attached hydrogens (primary N) is 1. The van der Waals surface area contributed by atoms with Crippen molar-refractivity contribution in [2.75, 3.05) is 0 Å². The lowest BCUT2D eigenvalue weighted by Gasteiger charge is -2.51. The first kappa shape index (κ1) is 13.0. The first-order valence-corrected chi connectivity index (χ1v) is 6.26. The zero-order chi connectivity index (χ0) is 13.6. The molecule has 4 nitrogen and oxygen atoms in total. The van der Waals surface area contributed by atoms with Crippen LogP contribution in [-0.4, -0.2) is 4.92 Å². The number of nitrogens with zero attached hydrogens (tertiary/aromatic N) is 1. The van der Waals surface area contributed by atoms with Crippen LogP contribution in [-0.2, 0) is 5.54 Å². The van der Waals surface area contributed by atoms with Gasteiger partial charge in [0, 0.05) is 17.7 Å². The average molecular weight is 248 g/mol. The molecule has 4 heteroatoms. The molecular weight excluding hydrogens is 228 g/mol. The summed E-state index contributed by atoms with van der Waals surface area (Å²) in [4.78, 5) is 10.2. The first-order chi connectivity index (χ1) is 8.22. The van der Waals surface area contributed by atoms with E-state index in [1.54, 1.807) is 12.1 Å². The molecule has 2 N–H and O–H groups in total. The maximum absolute atomic E-state index is 10.6. The van der Waals surface area contributed by atoms with Gasteiger partial charge in [0.25, 0.3) is 5.69 Å². The Bertz CT molecular complexity index is 454. The predicted molar refractivity (Wildman–Crippen MR) is 71.1 cm³/mol. The summed E-state index contributed by atoms with van der Waals surface area (Å²) in [5, 5.41) is 10.6. The smallest absolute Gasteiger partial charge is 0.269 e. The molecule has 0 saturated heterocycles. The largest absolute Gasteiger partial charge is 0.321 e. The number of non-ortho nitro benzene ring substituents is 1. The van der Waals surface area contributed by atoms with E-state index in [0.717, 1.165) is 18.4 Å². The molecular formula is C14H20N2O2. The molecule has 0 aromatic heterocycles. The normalized spacial score (nSPS) is 27.7. The van der Waals surface area contributed by atoms with Crippen LogP contribution in [0.4, 0.5) is 5.69 Å². The fourth-order valence-electron chi connectivity index (χ4n) is 2.58. The second kappa shape index (κ2) is 4.05. The SMILES string of the molecule is CC(C)(C)C1CC(N)(c2ccc([N+](=O)[O-])cc2)C1. The zero-order valence-corrected chi connectivity index (χ0v) is 11.1. The molecule has 0 atom stereocenters. The van der Waals surface area contributed by atoms with Crippen molar-refractivity contribution in [3.63, 3.8) is 0 Å². The van der Waals surface area contributed by atoms with Crippen molar-refractivity contribution in [2.45, 2.75) is 39.2 Å². The molecule has 0 radical (unpaired) electrons. The van der Waals surface area contributed by atoms with Crippen LogP contribution >= 0.6 is 0 Å². The molecule has 1 aromatic rings. The van der Waals surface area contributed by atoms with Gasteiger partial charge in [0.1, 0.15) is 0 Å². The van der Waals surface area contributed by atoms with Gasteiger partial charge in [-0.3, -0.25) is 10.1 Å². The molecule has 2 rings (SSSR count). The predicted octanol–water partition coefficient (Wildman–Crippen LogP) is 3.20. The fraction of sp³-hybridized carbons (Fsp3) is 0.571. The molecule has 1 aliphatic carbocycles. The van der Waals surface area contributed by atoms with Crippen molar-refractivity contribution in [1.82, 2.24) is 0 Å². The van der Waals surface area contributed by atoms with E-state index in [9.17, 15) is 10.1 Å². The van der Waals surface area contributed by atoms with E-state index in [4.69, 9.17) is 5.73 Å². The third-order valence-corrected chi connectivity index (χ3v) is 4.10. The summed E-state index contributed by atoms with van der Waals surface area (Å²) in [5.74, 6) is 0.623. The summed E-state index contributed by atoms with van der Waals surface area (Å²) in [6, 6.07) is 6.65. The van der Waals surface area contributed by atoms with Gasteiger partial charge in [0.15, 0.2) is 0 Å². The Morgan fingerprint density at radius 2 is 1.78 bits per heavy atom. The second-order valence-electron chi connectivity index (χ2n) is 6.43. The van der Waals surface area contributed by atoms with Gasteiger partial charge in [-0.25, -0.2) is 0 Å². The van der Waals surface area contributed by atoms with Crippen molar-refractivity contribution in [1.29, 1.82) is 0 Å². The lowest BCUT2D eigenvalue weighted by molar-refractivity contribution is -0.384. The highest BCUT2D eigenvalue weighted by atomic mass is 16.6. The Balaban J connectivity index is 2.12. The van der Waals surface area contributed by atoms with Crippen molar-refractivity contribution >= 4 is 5.69 Å². The van der Waals surface area contributed by atoms with Crippen LogP contribution in [0.3, 0.4) is 0 Å². The Morgan fingerprint density at radius 1 is 1.28 bits per heavy atom. The van der Waals surface area contributed by atoms with Crippen LogP contribution in [0.1, 0.15) is 39.2 Å². The molecule has 1 saturated carbocycles. The number of hydrogen-bond donors (Lipinski definition) is 1. The van der Waals surface area contributed by atoms with E-state index in [1.165, 1.54) is 12.1 Å². The van der Waals surface area contributed by atoms with E-state index in [0.29, 0.717) is 5.92 Å². The number of rotatable bonds is 2. The molecule has 0 bridgehead atoms. The number of benzene rings is 1. The van der Waals surface area contributed by atoms with E-state index < -0.39 is 0 Å². The highest BCUT2D eigenvalue weighted by molar-refractivity contribution is 5.37. The maximum Gasteiger partial charge on any atom is 0.269 e. The minimum absolute atomic E-state index is 0.119. The number of hydrogen-bond acceptors (Lipinski definition) is 3. The third kappa shape index (κ3) is 2.25. The van der Waals surface area contributed by atoms with E-state index in [1.807, 2.05) is 0 Å². The molecule has 0 aliphatic heterocycles. The van der Waals surface area contributed by atoms with Gasteiger partial charge in [0.05, 0.1) is 4.92 Å². The lowest BCUT2D eigenvalue weighted by Crippen LogP contribution is -2.52. The molecule has 0 amide bonds. The second-order valence-corrected chi connectivity index (χ2v) is 6.43.